The maximum Gasteiger partial charge on any atom is 0.326 e. The summed E-state index contributed by atoms with van der Waals surface area (Å²) in [4.78, 5) is 23.8. The SMILES string of the molecule is CCCCCCOC(=O)CN1C(=O)c2ccccc2S1(=O)=O. The Morgan fingerprint density at radius 2 is 1.91 bits per heavy atom. The van der Waals surface area contributed by atoms with Crippen LogP contribution in [0.4, 0.5) is 0 Å². The van der Waals surface area contributed by atoms with E-state index in [-0.39, 0.29) is 17.1 Å². The van der Waals surface area contributed by atoms with Crippen LogP contribution in [0.3, 0.4) is 0 Å². The summed E-state index contributed by atoms with van der Waals surface area (Å²) in [5.74, 6) is -1.39. The molecule has 1 amide bonds. The summed E-state index contributed by atoms with van der Waals surface area (Å²) < 4.78 is 30.1. The first-order chi connectivity index (χ1) is 10.5. The molecule has 0 spiro atoms. The zero-order valence-electron chi connectivity index (χ0n) is 12.4. The number of esters is 1. The van der Waals surface area contributed by atoms with Gasteiger partial charge in [-0.25, -0.2) is 12.7 Å². The smallest absolute Gasteiger partial charge is 0.326 e. The Morgan fingerprint density at radius 3 is 2.59 bits per heavy atom. The fourth-order valence-corrected chi connectivity index (χ4v) is 3.78. The third-order valence-electron chi connectivity index (χ3n) is 3.45. The number of fused-ring (bicyclic) bond motifs is 1. The minimum atomic E-state index is -3.95. The molecular weight excluding hydrogens is 306 g/mol. The maximum absolute atomic E-state index is 12.2. The second kappa shape index (κ2) is 6.91. The van der Waals surface area contributed by atoms with Crippen molar-refractivity contribution in [2.75, 3.05) is 13.2 Å². The van der Waals surface area contributed by atoms with E-state index in [1.165, 1.54) is 12.1 Å². The molecule has 0 fully saturated rings. The lowest BCUT2D eigenvalue weighted by molar-refractivity contribution is -0.143. The maximum atomic E-state index is 12.2. The summed E-state index contributed by atoms with van der Waals surface area (Å²) in [6.45, 7) is 1.74. The molecular formula is C15H19NO5S. The molecule has 0 bridgehead atoms. The molecule has 0 unspecified atom stereocenters. The Balaban J connectivity index is 1.97. The van der Waals surface area contributed by atoms with E-state index in [0.29, 0.717) is 4.31 Å². The molecule has 0 radical (unpaired) electrons. The molecule has 0 saturated heterocycles. The van der Waals surface area contributed by atoms with Gasteiger partial charge in [-0.05, 0) is 18.6 Å². The number of hydrogen-bond acceptors (Lipinski definition) is 5. The minimum Gasteiger partial charge on any atom is -0.464 e. The zero-order chi connectivity index (χ0) is 16.2. The number of carbonyl (C=O) groups excluding carboxylic acids is 2. The van der Waals surface area contributed by atoms with E-state index in [1.54, 1.807) is 12.1 Å². The van der Waals surface area contributed by atoms with Gasteiger partial charge in [-0.3, -0.25) is 9.59 Å². The van der Waals surface area contributed by atoms with Gasteiger partial charge in [0.25, 0.3) is 15.9 Å². The lowest BCUT2D eigenvalue weighted by Gasteiger charge is -2.14. The van der Waals surface area contributed by atoms with E-state index in [9.17, 15) is 18.0 Å². The highest BCUT2D eigenvalue weighted by Crippen LogP contribution is 2.29. The summed E-state index contributed by atoms with van der Waals surface area (Å²) in [5, 5.41) is 0. The van der Waals surface area contributed by atoms with Gasteiger partial charge in [-0.15, -0.1) is 0 Å². The molecule has 1 aromatic carbocycles. The third kappa shape index (κ3) is 3.30. The highest BCUT2D eigenvalue weighted by atomic mass is 32.2. The van der Waals surface area contributed by atoms with E-state index in [4.69, 9.17) is 4.74 Å². The highest BCUT2D eigenvalue weighted by Gasteiger charge is 2.42. The fourth-order valence-electron chi connectivity index (χ4n) is 2.27. The Bertz CT molecular complexity index is 668. The van der Waals surface area contributed by atoms with Crippen molar-refractivity contribution in [3.05, 3.63) is 29.8 Å². The largest absolute Gasteiger partial charge is 0.464 e. The predicted molar refractivity (Wildman–Crippen MR) is 79.8 cm³/mol. The molecule has 0 aliphatic carbocycles. The van der Waals surface area contributed by atoms with Gasteiger partial charge in [0.05, 0.1) is 12.2 Å². The molecule has 1 heterocycles. The van der Waals surface area contributed by atoms with Crippen LogP contribution in [0.15, 0.2) is 29.2 Å². The van der Waals surface area contributed by atoms with Gasteiger partial charge >= 0.3 is 5.97 Å². The molecule has 120 valence electrons. The molecule has 2 rings (SSSR count). The Morgan fingerprint density at radius 1 is 1.18 bits per heavy atom. The normalized spacial score (nSPS) is 15.7. The fraction of sp³-hybridized carbons (Fsp3) is 0.467. The van der Waals surface area contributed by atoms with Crippen molar-refractivity contribution < 1.29 is 22.7 Å². The van der Waals surface area contributed by atoms with Crippen molar-refractivity contribution in [1.82, 2.24) is 4.31 Å². The van der Waals surface area contributed by atoms with E-state index in [1.807, 2.05) is 0 Å². The molecule has 1 aliphatic rings. The number of benzene rings is 1. The number of carbonyl (C=O) groups is 2. The number of ether oxygens (including phenoxy) is 1. The first kappa shape index (κ1) is 16.5. The van der Waals surface area contributed by atoms with Crippen LogP contribution in [-0.2, 0) is 19.6 Å². The molecule has 1 aromatic rings. The van der Waals surface area contributed by atoms with Gasteiger partial charge in [-0.2, -0.15) is 0 Å². The summed E-state index contributed by atoms with van der Waals surface area (Å²) in [7, 11) is -3.95. The van der Waals surface area contributed by atoms with Crippen molar-refractivity contribution in [2.45, 2.75) is 37.5 Å². The second-order valence-corrected chi connectivity index (χ2v) is 6.92. The Hall–Kier alpha value is -1.89. The average molecular weight is 325 g/mol. The topological polar surface area (TPSA) is 80.8 Å². The number of nitrogens with zero attached hydrogens (tertiary/aromatic N) is 1. The van der Waals surface area contributed by atoms with Crippen LogP contribution in [0.5, 0.6) is 0 Å². The molecule has 7 heteroatoms. The molecule has 6 nitrogen and oxygen atoms in total. The van der Waals surface area contributed by atoms with Gasteiger partial charge in [0, 0.05) is 0 Å². The Kier molecular flexibility index (Phi) is 5.18. The number of hydrogen-bond donors (Lipinski definition) is 0. The van der Waals surface area contributed by atoms with E-state index in [0.717, 1.165) is 25.7 Å². The monoisotopic (exact) mass is 325 g/mol. The average Bonchev–Trinajstić information content (AvgIpc) is 2.69. The van der Waals surface area contributed by atoms with Crippen LogP contribution >= 0.6 is 0 Å². The summed E-state index contributed by atoms with van der Waals surface area (Å²) in [5.41, 5.74) is 0.0956. The number of unbranched alkanes of at least 4 members (excludes halogenated alkanes) is 3. The molecule has 1 aliphatic heterocycles. The van der Waals surface area contributed by atoms with Crippen molar-refractivity contribution in [2.24, 2.45) is 0 Å². The standard InChI is InChI=1S/C15H19NO5S/c1-2-3-4-7-10-21-14(17)11-16-15(18)12-8-5-6-9-13(12)22(16,19)20/h5-6,8-9H,2-4,7,10-11H2,1H3. The van der Waals surface area contributed by atoms with E-state index >= 15 is 0 Å². The van der Waals surface area contributed by atoms with Crippen molar-refractivity contribution in [3.63, 3.8) is 0 Å². The second-order valence-electron chi connectivity index (χ2n) is 5.09. The number of sulfonamides is 1. The van der Waals surface area contributed by atoms with Crippen LogP contribution in [0.25, 0.3) is 0 Å². The van der Waals surface area contributed by atoms with Gasteiger partial charge in [0.1, 0.15) is 11.4 Å². The lowest BCUT2D eigenvalue weighted by Crippen LogP contribution is -2.35. The third-order valence-corrected chi connectivity index (χ3v) is 5.23. The molecule has 0 N–H and O–H groups in total. The van der Waals surface area contributed by atoms with Crippen LogP contribution in [-0.4, -0.2) is 37.8 Å². The molecule has 0 saturated carbocycles. The molecule has 0 atom stereocenters. The van der Waals surface area contributed by atoms with Crippen molar-refractivity contribution in [3.8, 4) is 0 Å². The van der Waals surface area contributed by atoms with Gasteiger partial charge in [-0.1, -0.05) is 38.3 Å². The van der Waals surface area contributed by atoms with Crippen LogP contribution in [0.2, 0.25) is 0 Å². The summed E-state index contributed by atoms with van der Waals surface area (Å²) >= 11 is 0. The number of rotatable bonds is 7. The Labute approximate surface area is 130 Å². The minimum absolute atomic E-state index is 0.0595. The van der Waals surface area contributed by atoms with Gasteiger partial charge < -0.3 is 4.74 Å². The van der Waals surface area contributed by atoms with E-state index < -0.39 is 28.4 Å². The van der Waals surface area contributed by atoms with Crippen LogP contribution in [0, 0.1) is 0 Å². The quantitative estimate of drug-likeness (QED) is 0.565. The summed E-state index contributed by atoms with van der Waals surface area (Å²) in [6.07, 6.45) is 3.83. The van der Waals surface area contributed by atoms with Crippen molar-refractivity contribution >= 4 is 21.9 Å². The first-order valence-corrected chi connectivity index (χ1v) is 8.74. The highest BCUT2D eigenvalue weighted by molar-refractivity contribution is 7.90. The summed E-state index contributed by atoms with van der Waals surface area (Å²) in [6, 6.07) is 5.92. The van der Waals surface area contributed by atoms with E-state index in [2.05, 4.69) is 6.92 Å². The molecule has 0 aromatic heterocycles. The van der Waals surface area contributed by atoms with Crippen LogP contribution < -0.4 is 0 Å². The lowest BCUT2D eigenvalue weighted by atomic mass is 10.2. The zero-order valence-corrected chi connectivity index (χ0v) is 13.3. The molecule has 22 heavy (non-hydrogen) atoms. The number of amides is 1. The van der Waals surface area contributed by atoms with Crippen molar-refractivity contribution in [1.29, 1.82) is 0 Å². The predicted octanol–water partition coefficient (Wildman–Crippen LogP) is 1.95. The van der Waals surface area contributed by atoms with Gasteiger partial charge in [0.15, 0.2) is 0 Å². The van der Waals surface area contributed by atoms with Gasteiger partial charge in [0.2, 0.25) is 0 Å². The first-order valence-electron chi connectivity index (χ1n) is 7.30. The van der Waals surface area contributed by atoms with Crippen LogP contribution in [0.1, 0.15) is 43.0 Å².